The first-order valence-electron chi connectivity index (χ1n) is 7.61. The summed E-state index contributed by atoms with van der Waals surface area (Å²) in [6, 6.07) is 6.35. The fourth-order valence-electron chi connectivity index (χ4n) is 2.53. The Morgan fingerprint density at radius 2 is 2.27 bits per heavy atom. The van der Waals surface area contributed by atoms with Gasteiger partial charge in [-0.25, -0.2) is 4.98 Å². The molecule has 0 saturated carbocycles. The summed E-state index contributed by atoms with van der Waals surface area (Å²) in [5.41, 5.74) is 3.50. The minimum Gasteiger partial charge on any atom is -0.492 e. The van der Waals surface area contributed by atoms with E-state index in [0.717, 1.165) is 35.4 Å². The number of aromatic nitrogens is 1. The number of anilines is 1. The molecule has 1 aromatic carbocycles. The van der Waals surface area contributed by atoms with Crippen molar-refractivity contribution in [1.82, 2.24) is 4.98 Å². The van der Waals surface area contributed by atoms with Crippen molar-refractivity contribution in [3.05, 3.63) is 39.8 Å². The van der Waals surface area contributed by atoms with Crippen LogP contribution in [0.2, 0.25) is 0 Å². The Kier molecular flexibility index (Phi) is 4.36. The highest BCUT2D eigenvalue weighted by Crippen LogP contribution is 2.39. The lowest BCUT2D eigenvalue weighted by Crippen LogP contribution is -2.18. The van der Waals surface area contributed by atoms with Crippen LogP contribution in [0, 0.1) is 0 Å². The predicted octanol–water partition coefficient (Wildman–Crippen LogP) is 3.96. The van der Waals surface area contributed by atoms with E-state index in [1.807, 2.05) is 6.92 Å². The molecular weight excluding hydrogens is 296 g/mol. The standard InChI is InChI=1S/C17H22N2O2S/c1-4-20-9-16-19-13(10-22-16)8-18-12-5-6-14-15(7-12)21-11-17(14,2)3/h5-7,10,18H,4,8-9,11H2,1-3H3. The average Bonchev–Trinajstić information content (AvgIpc) is 3.08. The minimum atomic E-state index is 0.108. The van der Waals surface area contributed by atoms with Gasteiger partial charge < -0.3 is 14.8 Å². The lowest BCUT2D eigenvalue weighted by atomic mass is 9.87. The van der Waals surface area contributed by atoms with E-state index < -0.39 is 0 Å². The van der Waals surface area contributed by atoms with E-state index in [1.165, 1.54) is 5.56 Å². The summed E-state index contributed by atoms with van der Waals surface area (Å²) in [6.45, 7) is 9.19. The summed E-state index contributed by atoms with van der Waals surface area (Å²) >= 11 is 1.64. The maximum atomic E-state index is 5.78. The Bertz CT molecular complexity index is 652. The molecule has 0 amide bonds. The van der Waals surface area contributed by atoms with Crippen LogP contribution in [0.15, 0.2) is 23.6 Å². The second-order valence-electron chi connectivity index (χ2n) is 6.11. The van der Waals surface area contributed by atoms with Crippen molar-refractivity contribution in [2.45, 2.75) is 39.3 Å². The van der Waals surface area contributed by atoms with Crippen molar-refractivity contribution >= 4 is 17.0 Å². The van der Waals surface area contributed by atoms with E-state index in [2.05, 4.69) is 47.7 Å². The molecule has 22 heavy (non-hydrogen) atoms. The first kappa shape index (κ1) is 15.3. The number of ether oxygens (including phenoxy) is 2. The highest BCUT2D eigenvalue weighted by molar-refractivity contribution is 7.09. The molecule has 0 atom stereocenters. The molecule has 4 nitrogen and oxygen atoms in total. The van der Waals surface area contributed by atoms with E-state index in [1.54, 1.807) is 11.3 Å². The molecule has 1 aliphatic heterocycles. The van der Waals surface area contributed by atoms with Crippen LogP contribution in [0.5, 0.6) is 5.75 Å². The van der Waals surface area contributed by atoms with Crippen molar-refractivity contribution in [1.29, 1.82) is 0 Å². The first-order valence-corrected chi connectivity index (χ1v) is 8.48. The smallest absolute Gasteiger partial charge is 0.125 e. The zero-order valence-corrected chi connectivity index (χ0v) is 14.1. The van der Waals surface area contributed by atoms with Crippen LogP contribution in [0.4, 0.5) is 5.69 Å². The monoisotopic (exact) mass is 318 g/mol. The number of hydrogen-bond acceptors (Lipinski definition) is 5. The van der Waals surface area contributed by atoms with Gasteiger partial charge in [-0.1, -0.05) is 19.9 Å². The van der Waals surface area contributed by atoms with Crippen LogP contribution < -0.4 is 10.1 Å². The van der Waals surface area contributed by atoms with E-state index in [9.17, 15) is 0 Å². The number of hydrogen-bond donors (Lipinski definition) is 1. The van der Waals surface area contributed by atoms with Crippen LogP contribution in [0.3, 0.4) is 0 Å². The van der Waals surface area contributed by atoms with Gasteiger partial charge in [-0.15, -0.1) is 11.3 Å². The summed E-state index contributed by atoms with van der Waals surface area (Å²) in [5.74, 6) is 0.991. The predicted molar refractivity (Wildman–Crippen MR) is 89.7 cm³/mol. The molecular formula is C17H22N2O2S. The van der Waals surface area contributed by atoms with E-state index in [4.69, 9.17) is 9.47 Å². The van der Waals surface area contributed by atoms with Crippen LogP contribution in [0.1, 0.15) is 37.0 Å². The van der Waals surface area contributed by atoms with Gasteiger partial charge in [0.1, 0.15) is 10.8 Å². The van der Waals surface area contributed by atoms with E-state index >= 15 is 0 Å². The molecule has 118 valence electrons. The van der Waals surface area contributed by atoms with Gasteiger partial charge in [0.15, 0.2) is 0 Å². The Labute approximate surface area is 135 Å². The van der Waals surface area contributed by atoms with Gasteiger partial charge in [-0.2, -0.15) is 0 Å². The molecule has 0 unspecified atom stereocenters. The molecule has 0 saturated heterocycles. The Hall–Kier alpha value is -1.59. The zero-order chi connectivity index (χ0) is 15.6. The number of nitrogens with one attached hydrogen (secondary N) is 1. The molecule has 3 rings (SSSR count). The Morgan fingerprint density at radius 3 is 3.09 bits per heavy atom. The minimum absolute atomic E-state index is 0.108. The molecule has 2 heterocycles. The fourth-order valence-corrected chi connectivity index (χ4v) is 3.25. The summed E-state index contributed by atoms with van der Waals surface area (Å²) in [6.07, 6.45) is 0. The highest BCUT2D eigenvalue weighted by Gasteiger charge is 2.31. The van der Waals surface area contributed by atoms with Gasteiger partial charge in [0.25, 0.3) is 0 Å². The first-order chi connectivity index (χ1) is 10.6. The van der Waals surface area contributed by atoms with Crippen LogP contribution in [0.25, 0.3) is 0 Å². The molecule has 2 aromatic rings. The summed E-state index contributed by atoms with van der Waals surface area (Å²) < 4.78 is 11.2. The normalized spacial score (nSPS) is 15.4. The summed E-state index contributed by atoms with van der Waals surface area (Å²) in [7, 11) is 0. The van der Waals surface area contributed by atoms with Crippen LogP contribution >= 0.6 is 11.3 Å². The molecule has 0 fully saturated rings. The van der Waals surface area contributed by atoms with Crippen LogP contribution in [-0.4, -0.2) is 18.2 Å². The molecule has 0 aliphatic carbocycles. The zero-order valence-electron chi connectivity index (χ0n) is 13.3. The third-order valence-corrected chi connectivity index (χ3v) is 4.67. The van der Waals surface area contributed by atoms with Gasteiger partial charge in [-0.3, -0.25) is 0 Å². The largest absolute Gasteiger partial charge is 0.492 e. The van der Waals surface area contributed by atoms with Crippen molar-refractivity contribution in [3.63, 3.8) is 0 Å². The molecule has 1 N–H and O–H groups in total. The molecule has 0 spiro atoms. The maximum Gasteiger partial charge on any atom is 0.125 e. The second kappa shape index (κ2) is 6.26. The SMILES string of the molecule is CCOCc1nc(CNc2ccc3c(c2)OCC3(C)C)cs1. The molecule has 0 radical (unpaired) electrons. The molecule has 1 aliphatic rings. The average molecular weight is 318 g/mol. The molecule has 1 aromatic heterocycles. The van der Waals surface area contributed by atoms with Gasteiger partial charge in [0.05, 0.1) is 25.5 Å². The van der Waals surface area contributed by atoms with Gasteiger partial charge in [-0.05, 0) is 13.0 Å². The van der Waals surface area contributed by atoms with Crippen molar-refractivity contribution < 1.29 is 9.47 Å². The second-order valence-corrected chi connectivity index (χ2v) is 7.05. The number of thiazole rings is 1. The van der Waals surface area contributed by atoms with Crippen molar-refractivity contribution in [2.24, 2.45) is 0 Å². The van der Waals surface area contributed by atoms with Gasteiger partial charge in [0, 0.05) is 34.7 Å². The topological polar surface area (TPSA) is 43.4 Å². The lowest BCUT2D eigenvalue weighted by molar-refractivity contribution is 0.134. The molecule has 0 bridgehead atoms. The number of nitrogens with zero attached hydrogens (tertiary/aromatic N) is 1. The summed E-state index contributed by atoms with van der Waals surface area (Å²) in [5, 5.41) is 6.51. The Balaban J connectivity index is 1.61. The van der Waals surface area contributed by atoms with Gasteiger partial charge in [0.2, 0.25) is 0 Å². The maximum absolute atomic E-state index is 5.78. The van der Waals surface area contributed by atoms with Gasteiger partial charge >= 0.3 is 0 Å². The Morgan fingerprint density at radius 1 is 1.41 bits per heavy atom. The number of fused-ring (bicyclic) bond motifs is 1. The number of rotatable bonds is 6. The highest BCUT2D eigenvalue weighted by atomic mass is 32.1. The van der Waals surface area contributed by atoms with Crippen molar-refractivity contribution in [2.75, 3.05) is 18.5 Å². The van der Waals surface area contributed by atoms with E-state index in [-0.39, 0.29) is 5.41 Å². The van der Waals surface area contributed by atoms with Crippen LogP contribution in [-0.2, 0) is 23.3 Å². The quantitative estimate of drug-likeness (QED) is 0.875. The van der Waals surface area contributed by atoms with Crippen molar-refractivity contribution in [3.8, 4) is 5.75 Å². The number of benzene rings is 1. The molecule has 5 heteroatoms. The fraction of sp³-hybridized carbons (Fsp3) is 0.471. The summed E-state index contributed by atoms with van der Waals surface area (Å²) in [4.78, 5) is 4.56. The third-order valence-electron chi connectivity index (χ3n) is 3.80. The third kappa shape index (κ3) is 3.25. The lowest BCUT2D eigenvalue weighted by Gasteiger charge is -2.15. The van der Waals surface area contributed by atoms with E-state index in [0.29, 0.717) is 13.2 Å².